The number of hydrogen-bond acceptors (Lipinski definition) is 2. The van der Waals surface area contributed by atoms with Gasteiger partial charge < -0.3 is 15.2 Å². The number of aromatic nitrogens is 1. The van der Waals surface area contributed by atoms with Gasteiger partial charge in [-0.3, -0.25) is 9.59 Å². The van der Waals surface area contributed by atoms with Crippen LogP contribution in [0.5, 0.6) is 0 Å². The largest absolute Gasteiger partial charge is 0.353 e. The summed E-state index contributed by atoms with van der Waals surface area (Å²) in [6.45, 7) is 3.26. The average molecular weight is 342 g/mol. The highest BCUT2D eigenvalue weighted by molar-refractivity contribution is 9.10. The van der Waals surface area contributed by atoms with Crippen LogP contribution >= 0.6 is 15.9 Å². The summed E-state index contributed by atoms with van der Waals surface area (Å²) in [5.41, 5.74) is 0.641. The van der Waals surface area contributed by atoms with Gasteiger partial charge in [0.25, 0.3) is 5.91 Å². The molecule has 1 aliphatic rings. The number of hydrogen-bond donors (Lipinski definition) is 2. The van der Waals surface area contributed by atoms with Gasteiger partial charge in [0.1, 0.15) is 5.69 Å². The molecule has 2 rings (SSSR count). The van der Waals surface area contributed by atoms with Crippen molar-refractivity contribution in [2.45, 2.75) is 45.2 Å². The van der Waals surface area contributed by atoms with E-state index in [1.54, 1.807) is 6.07 Å². The Morgan fingerprint density at radius 2 is 2.20 bits per heavy atom. The fourth-order valence-electron chi connectivity index (χ4n) is 2.00. The molecule has 1 heterocycles. The minimum atomic E-state index is -0.0971. The molecule has 0 bridgehead atoms. The van der Waals surface area contributed by atoms with Crippen molar-refractivity contribution in [3.8, 4) is 0 Å². The van der Waals surface area contributed by atoms with Gasteiger partial charge in [0.15, 0.2) is 0 Å². The third kappa shape index (κ3) is 4.37. The smallest absolute Gasteiger partial charge is 0.267 e. The van der Waals surface area contributed by atoms with Crippen LogP contribution in [0, 0.1) is 0 Å². The van der Waals surface area contributed by atoms with Crippen LogP contribution in [0.2, 0.25) is 0 Å². The van der Waals surface area contributed by atoms with E-state index >= 15 is 0 Å². The maximum absolute atomic E-state index is 12.0. The molecule has 0 spiro atoms. The van der Waals surface area contributed by atoms with Crippen molar-refractivity contribution < 1.29 is 9.59 Å². The Balaban J connectivity index is 1.70. The SMILES string of the molecule is CCn1cc(Br)cc1C(=O)NCCCC(=O)NC1CC1. The zero-order valence-corrected chi connectivity index (χ0v) is 13.2. The standard InChI is InChI=1S/C14H20BrN3O2/c1-2-18-9-10(15)8-12(18)14(20)16-7-3-4-13(19)17-11-5-6-11/h8-9,11H,2-7H2,1H3,(H,16,20)(H,17,19). The molecule has 0 saturated heterocycles. The van der Waals surface area contributed by atoms with Crippen molar-refractivity contribution in [3.63, 3.8) is 0 Å². The van der Waals surface area contributed by atoms with Crippen molar-refractivity contribution >= 4 is 27.7 Å². The number of carbonyl (C=O) groups excluding carboxylic acids is 2. The molecule has 20 heavy (non-hydrogen) atoms. The Labute approximate surface area is 127 Å². The Morgan fingerprint density at radius 1 is 1.45 bits per heavy atom. The molecule has 1 aromatic rings. The van der Waals surface area contributed by atoms with Gasteiger partial charge in [-0.1, -0.05) is 0 Å². The summed E-state index contributed by atoms with van der Waals surface area (Å²) < 4.78 is 2.78. The average Bonchev–Trinajstić information content (AvgIpc) is 3.14. The topological polar surface area (TPSA) is 63.1 Å². The van der Waals surface area contributed by atoms with E-state index in [2.05, 4.69) is 26.6 Å². The van der Waals surface area contributed by atoms with E-state index in [1.165, 1.54) is 0 Å². The lowest BCUT2D eigenvalue weighted by Gasteiger charge is -2.07. The summed E-state index contributed by atoms with van der Waals surface area (Å²) in [5.74, 6) is -0.0124. The monoisotopic (exact) mass is 341 g/mol. The van der Waals surface area contributed by atoms with Crippen molar-refractivity contribution in [1.29, 1.82) is 0 Å². The Hall–Kier alpha value is -1.30. The third-order valence-corrected chi connectivity index (χ3v) is 3.68. The highest BCUT2D eigenvalue weighted by Crippen LogP contribution is 2.18. The summed E-state index contributed by atoms with van der Waals surface area (Å²) >= 11 is 3.37. The zero-order valence-electron chi connectivity index (χ0n) is 11.6. The van der Waals surface area contributed by atoms with Crippen molar-refractivity contribution in [2.24, 2.45) is 0 Å². The van der Waals surface area contributed by atoms with Crippen LogP contribution in [-0.4, -0.2) is 29.0 Å². The lowest BCUT2D eigenvalue weighted by Crippen LogP contribution is -2.29. The van der Waals surface area contributed by atoms with E-state index in [0.717, 1.165) is 23.9 Å². The van der Waals surface area contributed by atoms with Gasteiger partial charge >= 0.3 is 0 Å². The molecule has 2 N–H and O–H groups in total. The summed E-state index contributed by atoms with van der Waals surface area (Å²) in [6, 6.07) is 2.21. The summed E-state index contributed by atoms with van der Waals surface area (Å²) in [4.78, 5) is 23.5. The Bertz CT molecular complexity index is 495. The predicted octanol–water partition coefficient (Wildman–Crippen LogP) is 2.06. The predicted molar refractivity (Wildman–Crippen MR) is 80.5 cm³/mol. The van der Waals surface area contributed by atoms with Crippen LogP contribution in [-0.2, 0) is 11.3 Å². The van der Waals surface area contributed by atoms with E-state index in [9.17, 15) is 9.59 Å². The second-order valence-corrected chi connectivity index (χ2v) is 5.95. The number of halogens is 1. The lowest BCUT2D eigenvalue weighted by molar-refractivity contribution is -0.121. The first kappa shape index (κ1) is 15.1. The van der Waals surface area contributed by atoms with Gasteiger partial charge in [0.05, 0.1) is 0 Å². The van der Waals surface area contributed by atoms with Gasteiger partial charge in [-0.2, -0.15) is 0 Å². The molecule has 0 radical (unpaired) electrons. The summed E-state index contributed by atoms with van der Waals surface area (Å²) in [6.07, 6.45) is 5.22. The first-order chi connectivity index (χ1) is 9.60. The van der Waals surface area contributed by atoms with Gasteiger partial charge in [-0.05, 0) is 48.2 Å². The molecule has 0 atom stereocenters. The molecule has 2 amide bonds. The van der Waals surface area contributed by atoms with Crippen molar-refractivity contribution in [1.82, 2.24) is 15.2 Å². The molecule has 6 heteroatoms. The second-order valence-electron chi connectivity index (χ2n) is 5.03. The number of carbonyl (C=O) groups is 2. The number of nitrogens with zero attached hydrogens (tertiary/aromatic N) is 1. The Kier molecular flexibility index (Phi) is 5.23. The highest BCUT2D eigenvalue weighted by atomic mass is 79.9. The van der Waals surface area contributed by atoms with E-state index in [4.69, 9.17) is 0 Å². The molecule has 0 aliphatic heterocycles. The van der Waals surface area contributed by atoms with Gasteiger partial charge in [0, 0.05) is 36.2 Å². The molecule has 1 fully saturated rings. The molecule has 1 saturated carbocycles. The number of amides is 2. The zero-order chi connectivity index (χ0) is 14.5. The highest BCUT2D eigenvalue weighted by Gasteiger charge is 2.22. The molecule has 5 nitrogen and oxygen atoms in total. The fraction of sp³-hybridized carbons (Fsp3) is 0.571. The van der Waals surface area contributed by atoms with Crippen LogP contribution in [0.1, 0.15) is 43.1 Å². The molecule has 0 aromatic carbocycles. The molecule has 0 unspecified atom stereocenters. The molecular formula is C14H20BrN3O2. The van der Waals surface area contributed by atoms with E-state index in [0.29, 0.717) is 31.1 Å². The third-order valence-electron chi connectivity index (χ3n) is 3.25. The number of rotatable bonds is 7. The molecular weight excluding hydrogens is 322 g/mol. The molecule has 110 valence electrons. The number of nitrogens with one attached hydrogen (secondary N) is 2. The number of aryl methyl sites for hydroxylation is 1. The van der Waals surface area contributed by atoms with E-state index in [-0.39, 0.29) is 11.8 Å². The van der Waals surface area contributed by atoms with Gasteiger partial charge in [-0.15, -0.1) is 0 Å². The van der Waals surface area contributed by atoms with Crippen LogP contribution in [0.4, 0.5) is 0 Å². The second kappa shape index (κ2) is 6.92. The minimum absolute atomic E-state index is 0.0847. The molecule has 1 aliphatic carbocycles. The first-order valence-electron chi connectivity index (χ1n) is 7.03. The lowest BCUT2D eigenvalue weighted by atomic mass is 10.3. The van der Waals surface area contributed by atoms with E-state index < -0.39 is 0 Å². The summed E-state index contributed by atoms with van der Waals surface area (Å²) in [7, 11) is 0. The van der Waals surface area contributed by atoms with Crippen molar-refractivity contribution in [3.05, 3.63) is 22.4 Å². The normalized spacial score (nSPS) is 14.1. The maximum atomic E-state index is 12.0. The quantitative estimate of drug-likeness (QED) is 0.745. The van der Waals surface area contributed by atoms with Gasteiger partial charge in [-0.25, -0.2) is 0 Å². The summed E-state index contributed by atoms with van der Waals surface area (Å²) in [5, 5.41) is 5.78. The van der Waals surface area contributed by atoms with E-state index in [1.807, 2.05) is 17.7 Å². The Morgan fingerprint density at radius 3 is 2.85 bits per heavy atom. The van der Waals surface area contributed by atoms with Crippen LogP contribution in [0.15, 0.2) is 16.7 Å². The molecule has 1 aromatic heterocycles. The first-order valence-corrected chi connectivity index (χ1v) is 7.82. The van der Waals surface area contributed by atoms with Gasteiger partial charge in [0.2, 0.25) is 5.91 Å². The minimum Gasteiger partial charge on any atom is -0.353 e. The fourth-order valence-corrected chi connectivity index (χ4v) is 2.46. The van der Waals surface area contributed by atoms with Crippen LogP contribution in [0.25, 0.3) is 0 Å². The van der Waals surface area contributed by atoms with Crippen LogP contribution < -0.4 is 10.6 Å². The van der Waals surface area contributed by atoms with Crippen LogP contribution in [0.3, 0.4) is 0 Å². The maximum Gasteiger partial charge on any atom is 0.267 e. The van der Waals surface area contributed by atoms with Crippen molar-refractivity contribution in [2.75, 3.05) is 6.54 Å².